The van der Waals surface area contributed by atoms with Crippen molar-refractivity contribution >= 4 is 64.7 Å². The number of rotatable bonds is 3. The lowest BCUT2D eigenvalue weighted by Gasteiger charge is -2.07. The molecule has 0 saturated heterocycles. The smallest absolute Gasteiger partial charge is 0.490 e. The minimum Gasteiger partial charge on any atom is -0.495 e. The highest BCUT2D eigenvalue weighted by Crippen LogP contribution is 2.32. The van der Waals surface area contributed by atoms with Gasteiger partial charge in [-0.3, -0.25) is 0 Å². The second-order valence-corrected chi connectivity index (χ2v) is 6.02. The van der Waals surface area contributed by atoms with E-state index in [2.05, 4.69) is 0 Å². The highest BCUT2D eigenvalue weighted by molar-refractivity contribution is 6.63. The fourth-order valence-corrected chi connectivity index (χ4v) is 2.62. The molecule has 0 heterocycles. The number of benzene rings is 2. The third-order valence-electron chi connectivity index (χ3n) is 2.82. The summed E-state index contributed by atoms with van der Waals surface area (Å²) < 4.78 is 9.79. The molecule has 2 aromatic carbocycles. The van der Waals surface area contributed by atoms with E-state index in [4.69, 9.17) is 71.7 Å². The molecule has 0 spiro atoms. The zero-order valence-corrected chi connectivity index (χ0v) is 15.7. The Morgan fingerprint density at radius 3 is 1.71 bits per heavy atom. The van der Waals surface area contributed by atoms with Crippen molar-refractivity contribution in [2.24, 2.45) is 0 Å². The fourth-order valence-electron chi connectivity index (χ4n) is 1.60. The second-order valence-electron chi connectivity index (χ2n) is 4.39. The standard InChI is InChI=1S/C7H7BCl2O3.C7H7Cl2NO/c1-13-7-2-4(8(11)12)5(9)3-6(7)10;1-11-7-3-6(10)4(8)2-5(7)9/h2-3,11-12H,1H3;2-3H,10H2,1H3. The molecule has 0 bridgehead atoms. The predicted molar refractivity (Wildman–Crippen MR) is 100 cm³/mol. The van der Waals surface area contributed by atoms with Gasteiger partial charge in [-0.1, -0.05) is 46.4 Å². The molecule has 4 N–H and O–H groups in total. The first kappa shape index (κ1) is 21.0. The highest BCUT2D eigenvalue weighted by Gasteiger charge is 2.17. The van der Waals surface area contributed by atoms with Crippen LogP contribution in [0.2, 0.25) is 20.1 Å². The Hall–Kier alpha value is -1.02. The topological polar surface area (TPSA) is 84.9 Å². The zero-order chi connectivity index (χ0) is 18.4. The van der Waals surface area contributed by atoms with E-state index in [1.165, 1.54) is 26.4 Å². The van der Waals surface area contributed by atoms with Gasteiger partial charge in [0.05, 0.1) is 35.0 Å². The molecular weight excluding hydrogens is 399 g/mol. The molecule has 10 heteroatoms. The van der Waals surface area contributed by atoms with Crippen LogP contribution in [0.25, 0.3) is 0 Å². The molecule has 0 amide bonds. The monoisotopic (exact) mass is 411 g/mol. The summed E-state index contributed by atoms with van der Waals surface area (Å²) in [5, 5.41) is 19.2. The molecule has 0 aliphatic carbocycles. The quantitative estimate of drug-likeness (QED) is 0.532. The summed E-state index contributed by atoms with van der Waals surface area (Å²) in [5.74, 6) is 0.891. The second kappa shape index (κ2) is 9.46. The Kier molecular flexibility index (Phi) is 8.29. The van der Waals surface area contributed by atoms with E-state index in [1.54, 1.807) is 12.1 Å². The Bertz CT molecular complexity index is 716. The molecule has 0 radical (unpaired) electrons. The molecule has 2 aromatic rings. The lowest BCUT2D eigenvalue weighted by Crippen LogP contribution is -2.30. The molecule has 130 valence electrons. The largest absolute Gasteiger partial charge is 0.495 e. The van der Waals surface area contributed by atoms with Crippen molar-refractivity contribution in [3.8, 4) is 11.5 Å². The summed E-state index contributed by atoms with van der Waals surface area (Å²) in [6.07, 6.45) is 0. The van der Waals surface area contributed by atoms with E-state index in [0.29, 0.717) is 32.3 Å². The van der Waals surface area contributed by atoms with E-state index in [1.807, 2.05) is 0 Å². The van der Waals surface area contributed by atoms with Crippen LogP contribution in [0.1, 0.15) is 0 Å². The van der Waals surface area contributed by atoms with Gasteiger partial charge in [0.1, 0.15) is 11.5 Å². The lowest BCUT2D eigenvalue weighted by atomic mass is 9.80. The Morgan fingerprint density at radius 1 is 0.792 bits per heavy atom. The molecule has 2 rings (SSSR count). The van der Waals surface area contributed by atoms with Crippen LogP contribution >= 0.6 is 46.4 Å². The van der Waals surface area contributed by atoms with Gasteiger partial charge in [-0.25, -0.2) is 0 Å². The van der Waals surface area contributed by atoms with Gasteiger partial charge < -0.3 is 25.3 Å². The molecule has 0 aliphatic rings. The van der Waals surface area contributed by atoms with Crippen molar-refractivity contribution in [2.45, 2.75) is 0 Å². The van der Waals surface area contributed by atoms with Crippen molar-refractivity contribution in [3.63, 3.8) is 0 Å². The molecule has 0 saturated carbocycles. The number of methoxy groups -OCH3 is 2. The maximum absolute atomic E-state index is 8.89. The summed E-state index contributed by atoms with van der Waals surface area (Å²) in [6.45, 7) is 0. The van der Waals surface area contributed by atoms with Crippen LogP contribution in [0, 0.1) is 0 Å². The minimum atomic E-state index is -1.63. The van der Waals surface area contributed by atoms with E-state index in [-0.39, 0.29) is 10.5 Å². The van der Waals surface area contributed by atoms with Crippen LogP contribution in [0.5, 0.6) is 11.5 Å². The first-order valence-corrected chi connectivity index (χ1v) is 7.90. The van der Waals surface area contributed by atoms with Crippen molar-refractivity contribution in [2.75, 3.05) is 20.0 Å². The van der Waals surface area contributed by atoms with Crippen LogP contribution in [-0.2, 0) is 0 Å². The zero-order valence-electron chi connectivity index (χ0n) is 12.7. The third-order valence-corrected chi connectivity index (χ3v) is 4.07. The minimum absolute atomic E-state index is 0.169. The van der Waals surface area contributed by atoms with Crippen LogP contribution in [0.15, 0.2) is 24.3 Å². The van der Waals surface area contributed by atoms with Crippen molar-refractivity contribution in [1.82, 2.24) is 0 Å². The summed E-state index contributed by atoms with van der Waals surface area (Å²) in [6, 6.07) is 5.92. The molecule has 0 atom stereocenters. The normalized spacial score (nSPS) is 9.83. The molecule has 0 unspecified atom stereocenters. The number of nitrogens with two attached hydrogens (primary N) is 1. The van der Waals surface area contributed by atoms with E-state index >= 15 is 0 Å². The van der Waals surface area contributed by atoms with Gasteiger partial charge in [0.15, 0.2) is 0 Å². The van der Waals surface area contributed by atoms with Gasteiger partial charge in [-0.15, -0.1) is 0 Å². The number of ether oxygens (including phenoxy) is 2. The third kappa shape index (κ3) is 5.51. The Morgan fingerprint density at radius 2 is 1.25 bits per heavy atom. The Labute approximate surface area is 159 Å². The maximum Gasteiger partial charge on any atom is 0.490 e. The molecule has 0 fully saturated rings. The number of hydrogen-bond donors (Lipinski definition) is 3. The van der Waals surface area contributed by atoms with Crippen LogP contribution in [0.3, 0.4) is 0 Å². The number of halogens is 4. The summed E-state index contributed by atoms with van der Waals surface area (Å²) >= 11 is 22.8. The predicted octanol–water partition coefficient (Wildman–Crippen LogP) is 3.27. The van der Waals surface area contributed by atoms with Gasteiger partial charge in [0.25, 0.3) is 0 Å². The molecule has 24 heavy (non-hydrogen) atoms. The molecule has 5 nitrogen and oxygen atoms in total. The first-order valence-electron chi connectivity index (χ1n) is 6.38. The summed E-state index contributed by atoms with van der Waals surface area (Å²) in [4.78, 5) is 0. The average molecular weight is 413 g/mol. The van der Waals surface area contributed by atoms with Gasteiger partial charge in [-0.2, -0.15) is 0 Å². The van der Waals surface area contributed by atoms with Gasteiger partial charge in [0, 0.05) is 16.6 Å². The lowest BCUT2D eigenvalue weighted by molar-refractivity contribution is 0.412. The van der Waals surface area contributed by atoms with Crippen molar-refractivity contribution in [3.05, 3.63) is 44.4 Å². The van der Waals surface area contributed by atoms with Gasteiger partial charge in [-0.05, 0) is 18.2 Å². The molecule has 0 aliphatic heterocycles. The Balaban J connectivity index is 0.000000243. The summed E-state index contributed by atoms with van der Waals surface area (Å²) in [5.41, 5.74) is 6.13. The number of nitrogen functional groups attached to an aromatic ring is 1. The molecule has 0 aromatic heterocycles. The van der Waals surface area contributed by atoms with E-state index in [0.717, 1.165) is 0 Å². The maximum atomic E-state index is 8.89. The van der Waals surface area contributed by atoms with Crippen LogP contribution < -0.4 is 20.7 Å². The SMILES string of the molecule is COc1cc(B(O)O)c(Cl)cc1Cl.COc1cc(N)c(Cl)cc1Cl. The van der Waals surface area contributed by atoms with E-state index < -0.39 is 7.12 Å². The fraction of sp³-hybridized carbons (Fsp3) is 0.143. The average Bonchev–Trinajstić information content (AvgIpc) is 2.51. The van der Waals surface area contributed by atoms with Crippen molar-refractivity contribution in [1.29, 1.82) is 0 Å². The number of anilines is 1. The van der Waals surface area contributed by atoms with Gasteiger partial charge >= 0.3 is 7.12 Å². The highest BCUT2D eigenvalue weighted by atomic mass is 35.5. The van der Waals surface area contributed by atoms with Crippen LogP contribution in [-0.4, -0.2) is 31.4 Å². The first-order chi connectivity index (χ1) is 11.2. The van der Waals surface area contributed by atoms with Crippen molar-refractivity contribution < 1.29 is 19.5 Å². The number of hydrogen-bond acceptors (Lipinski definition) is 5. The summed E-state index contributed by atoms with van der Waals surface area (Å²) in [7, 11) is 1.33. The van der Waals surface area contributed by atoms with Gasteiger partial charge in [0.2, 0.25) is 0 Å². The van der Waals surface area contributed by atoms with E-state index in [9.17, 15) is 0 Å². The molecular formula is C14H14BCl4NO4. The van der Waals surface area contributed by atoms with Crippen LogP contribution in [0.4, 0.5) is 5.69 Å².